The van der Waals surface area contributed by atoms with Gasteiger partial charge in [0.05, 0.1) is 0 Å². The van der Waals surface area contributed by atoms with Crippen LogP contribution >= 0.6 is 0 Å². The van der Waals surface area contributed by atoms with Crippen LogP contribution in [0.4, 0.5) is 0 Å². The van der Waals surface area contributed by atoms with E-state index < -0.39 is 0 Å². The Morgan fingerprint density at radius 1 is 0.556 bits per heavy atom. The minimum Gasteiger partial charge on any atom is -0.0616 e. The molecule has 2 aliphatic rings. The van der Waals surface area contributed by atoms with E-state index in [0.717, 1.165) is 0 Å². The molecule has 0 saturated heterocycles. The van der Waals surface area contributed by atoms with Gasteiger partial charge in [-0.1, -0.05) is 64.1 Å². The molecule has 0 spiro atoms. The minimum atomic E-state index is 0.160. The van der Waals surface area contributed by atoms with Crippen molar-refractivity contribution in [2.45, 2.75) is 38.5 Å². The third-order valence-electron chi connectivity index (χ3n) is 5.07. The van der Waals surface area contributed by atoms with E-state index in [2.05, 4.69) is 64.1 Å². The van der Waals surface area contributed by atoms with E-state index in [9.17, 15) is 0 Å². The number of hydrogen-bond donors (Lipinski definition) is 0. The Balaban J connectivity index is 2.27. The fourth-order valence-corrected chi connectivity index (χ4v) is 4.02. The maximum absolute atomic E-state index is 2.35. The zero-order chi connectivity index (χ0) is 12.7. The predicted molar refractivity (Wildman–Crippen MR) is 76.1 cm³/mol. The largest absolute Gasteiger partial charge is 0.0616 e. The minimum absolute atomic E-state index is 0.160. The summed E-state index contributed by atoms with van der Waals surface area (Å²) >= 11 is 0. The summed E-state index contributed by atoms with van der Waals surface area (Å²) in [4.78, 5) is 0. The average Bonchev–Trinajstić information content (AvgIpc) is 2.72. The topological polar surface area (TPSA) is 0 Å². The normalized spacial score (nSPS) is 20.0. The first-order valence-corrected chi connectivity index (χ1v) is 6.74. The van der Waals surface area contributed by atoms with E-state index in [1.165, 1.54) is 33.4 Å². The number of benzene rings is 2. The van der Waals surface area contributed by atoms with Crippen molar-refractivity contribution >= 4 is 0 Å². The summed E-state index contributed by atoms with van der Waals surface area (Å²) in [5.74, 6) is 0. The molecule has 0 unspecified atom stereocenters. The smallest absolute Gasteiger partial charge is 0.0159 e. The van der Waals surface area contributed by atoms with E-state index in [4.69, 9.17) is 0 Å². The highest BCUT2D eigenvalue weighted by Gasteiger charge is 2.46. The van der Waals surface area contributed by atoms with Gasteiger partial charge in [-0.05, 0) is 33.4 Å². The van der Waals surface area contributed by atoms with Crippen LogP contribution in [0, 0.1) is 0 Å². The molecule has 2 aliphatic carbocycles. The fraction of sp³-hybridized carbons (Fsp3) is 0.333. The van der Waals surface area contributed by atoms with Crippen LogP contribution in [0.5, 0.6) is 0 Å². The molecule has 0 bridgehead atoms. The zero-order valence-corrected chi connectivity index (χ0v) is 11.5. The molecule has 0 aromatic heterocycles. The molecule has 0 atom stereocenters. The molecule has 0 heteroatoms. The highest BCUT2D eigenvalue weighted by Crippen LogP contribution is 2.59. The Morgan fingerprint density at radius 2 is 0.833 bits per heavy atom. The molecule has 90 valence electrons. The van der Waals surface area contributed by atoms with E-state index in [1.807, 2.05) is 0 Å². The van der Waals surface area contributed by atoms with Gasteiger partial charge in [-0.25, -0.2) is 0 Å². The van der Waals surface area contributed by atoms with Gasteiger partial charge < -0.3 is 0 Å². The summed E-state index contributed by atoms with van der Waals surface area (Å²) in [5.41, 5.74) is 9.40. The van der Waals surface area contributed by atoms with Gasteiger partial charge in [-0.3, -0.25) is 0 Å². The molecule has 2 aromatic carbocycles. The van der Waals surface area contributed by atoms with Crippen LogP contribution in [0.25, 0.3) is 11.1 Å². The molecular formula is C18H18. The molecule has 0 aliphatic heterocycles. The lowest BCUT2D eigenvalue weighted by Crippen LogP contribution is -2.20. The highest BCUT2D eigenvalue weighted by atomic mass is 14.5. The lowest BCUT2D eigenvalue weighted by Gasteiger charge is -2.28. The van der Waals surface area contributed by atoms with Crippen molar-refractivity contribution in [1.29, 1.82) is 0 Å². The molecule has 0 N–H and O–H groups in total. The molecule has 0 heterocycles. The van der Waals surface area contributed by atoms with Crippen molar-refractivity contribution in [1.82, 2.24) is 0 Å². The van der Waals surface area contributed by atoms with Gasteiger partial charge in [0.1, 0.15) is 0 Å². The summed E-state index contributed by atoms with van der Waals surface area (Å²) < 4.78 is 0. The standard InChI is InChI=1S/C18H18/c1-17(2)11-7-5-9-13-15(11)16-12(17)8-6-10-14(16)18(13,3)4/h5-10H,1-4H3. The van der Waals surface area contributed by atoms with Crippen LogP contribution in [0.15, 0.2) is 36.4 Å². The first-order chi connectivity index (χ1) is 8.45. The SMILES string of the molecule is CC1(C)c2cccc3c2-c2c1cccc2C3(C)C. The van der Waals surface area contributed by atoms with Gasteiger partial charge >= 0.3 is 0 Å². The quantitative estimate of drug-likeness (QED) is 0.623. The molecule has 0 fully saturated rings. The van der Waals surface area contributed by atoms with Gasteiger partial charge in [0, 0.05) is 10.8 Å². The molecule has 0 radical (unpaired) electrons. The molecule has 18 heavy (non-hydrogen) atoms. The van der Waals surface area contributed by atoms with Crippen molar-refractivity contribution in [2.24, 2.45) is 0 Å². The van der Waals surface area contributed by atoms with Crippen LogP contribution in [0.2, 0.25) is 0 Å². The first-order valence-electron chi connectivity index (χ1n) is 6.74. The third kappa shape index (κ3) is 0.880. The molecular weight excluding hydrogens is 216 g/mol. The van der Waals surface area contributed by atoms with Crippen molar-refractivity contribution in [3.8, 4) is 11.1 Å². The van der Waals surface area contributed by atoms with Crippen LogP contribution in [-0.4, -0.2) is 0 Å². The van der Waals surface area contributed by atoms with Crippen LogP contribution in [0.1, 0.15) is 49.9 Å². The van der Waals surface area contributed by atoms with Gasteiger partial charge in [0.25, 0.3) is 0 Å². The molecule has 0 nitrogen and oxygen atoms in total. The Kier molecular flexibility index (Phi) is 1.56. The van der Waals surface area contributed by atoms with E-state index >= 15 is 0 Å². The fourth-order valence-electron chi connectivity index (χ4n) is 4.02. The van der Waals surface area contributed by atoms with Crippen molar-refractivity contribution in [3.63, 3.8) is 0 Å². The summed E-state index contributed by atoms with van der Waals surface area (Å²) in [5, 5.41) is 0. The van der Waals surface area contributed by atoms with Crippen LogP contribution in [-0.2, 0) is 10.8 Å². The number of rotatable bonds is 0. The Morgan fingerprint density at radius 3 is 1.11 bits per heavy atom. The third-order valence-corrected chi connectivity index (χ3v) is 5.07. The predicted octanol–water partition coefficient (Wildman–Crippen LogP) is 4.63. The van der Waals surface area contributed by atoms with Gasteiger partial charge in [-0.15, -0.1) is 0 Å². The number of hydrogen-bond acceptors (Lipinski definition) is 0. The summed E-state index contributed by atoms with van der Waals surface area (Å²) in [7, 11) is 0. The van der Waals surface area contributed by atoms with Gasteiger partial charge in [0.2, 0.25) is 0 Å². The molecule has 2 aromatic rings. The molecule has 0 amide bonds. The van der Waals surface area contributed by atoms with Crippen molar-refractivity contribution < 1.29 is 0 Å². The Hall–Kier alpha value is -1.56. The maximum Gasteiger partial charge on any atom is 0.0159 e. The van der Waals surface area contributed by atoms with E-state index in [1.54, 1.807) is 0 Å². The van der Waals surface area contributed by atoms with Gasteiger partial charge in [0.15, 0.2) is 0 Å². The van der Waals surface area contributed by atoms with E-state index in [0.29, 0.717) is 0 Å². The van der Waals surface area contributed by atoms with Crippen molar-refractivity contribution in [2.75, 3.05) is 0 Å². The van der Waals surface area contributed by atoms with Crippen LogP contribution in [0.3, 0.4) is 0 Å². The Labute approximate surface area is 109 Å². The maximum atomic E-state index is 2.35. The highest BCUT2D eigenvalue weighted by molar-refractivity contribution is 5.91. The van der Waals surface area contributed by atoms with E-state index in [-0.39, 0.29) is 10.8 Å². The summed E-state index contributed by atoms with van der Waals surface area (Å²) in [6, 6.07) is 13.7. The second kappa shape index (κ2) is 2.71. The lowest BCUT2D eigenvalue weighted by molar-refractivity contribution is 0.630. The lowest BCUT2D eigenvalue weighted by atomic mass is 9.75. The first kappa shape index (κ1) is 10.4. The molecule has 0 saturated carbocycles. The second-order valence-electron chi connectivity index (χ2n) is 6.71. The summed E-state index contributed by atoms with van der Waals surface area (Å²) in [6.07, 6.45) is 0. The second-order valence-corrected chi connectivity index (χ2v) is 6.71. The summed E-state index contributed by atoms with van der Waals surface area (Å²) in [6.45, 7) is 9.40. The Bertz CT molecular complexity index is 577. The average molecular weight is 234 g/mol. The van der Waals surface area contributed by atoms with Crippen molar-refractivity contribution in [3.05, 3.63) is 58.7 Å². The zero-order valence-electron chi connectivity index (χ0n) is 11.5. The monoisotopic (exact) mass is 234 g/mol. The van der Waals surface area contributed by atoms with Gasteiger partial charge in [-0.2, -0.15) is 0 Å². The van der Waals surface area contributed by atoms with Crippen LogP contribution < -0.4 is 0 Å². The molecule has 4 rings (SSSR count).